The molecule has 0 fully saturated rings. The summed E-state index contributed by atoms with van der Waals surface area (Å²) in [7, 11) is 0. The van der Waals surface area contributed by atoms with Gasteiger partial charge in [-0.15, -0.1) is 0 Å². The second kappa shape index (κ2) is 8.44. The zero-order valence-corrected chi connectivity index (χ0v) is 15.2. The Kier molecular flexibility index (Phi) is 6.28. The van der Waals surface area contributed by atoms with Gasteiger partial charge in [-0.05, 0) is 51.1 Å². The highest BCUT2D eigenvalue weighted by Crippen LogP contribution is 2.15. The molecule has 0 bridgehead atoms. The average Bonchev–Trinajstić information content (AvgIpc) is 2.58. The van der Waals surface area contributed by atoms with Crippen LogP contribution in [0.1, 0.15) is 41.5 Å². The number of Topliss-reactive ketones (excluding diaryl/α,β-unsaturated/α-hetero) is 1. The van der Waals surface area contributed by atoms with Gasteiger partial charge in [0.25, 0.3) is 0 Å². The van der Waals surface area contributed by atoms with Crippen molar-refractivity contribution >= 4 is 23.5 Å². The van der Waals surface area contributed by atoms with Crippen LogP contribution >= 0.6 is 0 Å². The van der Waals surface area contributed by atoms with Crippen LogP contribution in [0, 0.1) is 5.82 Å². The number of rotatable bonds is 5. The fourth-order valence-corrected chi connectivity index (χ4v) is 2.12. The molecule has 27 heavy (non-hydrogen) atoms. The maximum Gasteiger partial charge on any atom is 0.412 e. The van der Waals surface area contributed by atoms with Crippen molar-refractivity contribution in [2.75, 3.05) is 11.9 Å². The van der Waals surface area contributed by atoms with Crippen LogP contribution in [0.25, 0.3) is 0 Å². The maximum absolute atomic E-state index is 13.6. The number of esters is 1. The molecule has 6 nitrogen and oxygen atoms in total. The van der Waals surface area contributed by atoms with Crippen LogP contribution in [0.2, 0.25) is 0 Å². The van der Waals surface area contributed by atoms with E-state index in [1.807, 2.05) is 0 Å². The van der Waals surface area contributed by atoms with Gasteiger partial charge in [0.15, 0.2) is 6.61 Å². The number of hydrogen-bond acceptors (Lipinski definition) is 5. The second-order valence-corrected chi connectivity index (χ2v) is 6.69. The van der Waals surface area contributed by atoms with Crippen molar-refractivity contribution in [3.8, 4) is 0 Å². The third kappa shape index (κ3) is 6.22. The molecule has 2 rings (SSSR count). The third-order valence-corrected chi connectivity index (χ3v) is 3.25. The molecule has 1 amide bonds. The van der Waals surface area contributed by atoms with E-state index in [0.29, 0.717) is 5.69 Å². The zero-order valence-electron chi connectivity index (χ0n) is 15.2. The smallest absolute Gasteiger partial charge is 0.412 e. The highest BCUT2D eigenvalue weighted by Gasteiger charge is 2.18. The Labute approximate surface area is 156 Å². The number of hydrogen-bond donors (Lipinski definition) is 1. The molecule has 0 aliphatic heterocycles. The molecule has 7 heteroatoms. The summed E-state index contributed by atoms with van der Waals surface area (Å²) in [5, 5.41) is 2.51. The van der Waals surface area contributed by atoms with Gasteiger partial charge < -0.3 is 9.47 Å². The fourth-order valence-electron chi connectivity index (χ4n) is 2.12. The predicted molar refractivity (Wildman–Crippen MR) is 97.3 cm³/mol. The summed E-state index contributed by atoms with van der Waals surface area (Å²) in [4.78, 5) is 35.9. The van der Waals surface area contributed by atoms with Gasteiger partial charge in [-0.25, -0.2) is 14.0 Å². The zero-order chi connectivity index (χ0) is 20.0. The Hall–Kier alpha value is -3.22. The van der Waals surface area contributed by atoms with Crippen LogP contribution in [-0.2, 0) is 9.47 Å². The minimum absolute atomic E-state index is 0.130. The van der Waals surface area contributed by atoms with Crippen molar-refractivity contribution in [1.29, 1.82) is 0 Å². The number of amides is 1. The normalized spacial score (nSPS) is 10.8. The molecule has 142 valence electrons. The largest absolute Gasteiger partial charge is 0.454 e. The van der Waals surface area contributed by atoms with Gasteiger partial charge in [0.2, 0.25) is 5.78 Å². The summed E-state index contributed by atoms with van der Waals surface area (Å²) in [5.74, 6) is -2.10. The summed E-state index contributed by atoms with van der Waals surface area (Å²) >= 11 is 0. The first kappa shape index (κ1) is 20.1. The monoisotopic (exact) mass is 373 g/mol. The van der Waals surface area contributed by atoms with Crippen LogP contribution in [0.4, 0.5) is 14.9 Å². The lowest BCUT2D eigenvalue weighted by molar-refractivity contribution is 0.0473. The summed E-state index contributed by atoms with van der Waals surface area (Å²) < 4.78 is 23.6. The van der Waals surface area contributed by atoms with Crippen molar-refractivity contribution in [3.05, 3.63) is 65.5 Å². The van der Waals surface area contributed by atoms with Crippen molar-refractivity contribution in [2.45, 2.75) is 26.4 Å². The number of carbonyl (C=O) groups is 3. The number of benzene rings is 2. The highest BCUT2D eigenvalue weighted by atomic mass is 19.1. The van der Waals surface area contributed by atoms with E-state index in [0.717, 1.165) is 6.07 Å². The summed E-state index contributed by atoms with van der Waals surface area (Å²) in [6.45, 7) is 4.59. The number of nitrogens with one attached hydrogen (secondary N) is 1. The molecule has 0 radical (unpaired) electrons. The Morgan fingerprint density at radius 2 is 1.74 bits per heavy atom. The topological polar surface area (TPSA) is 81.7 Å². The average molecular weight is 373 g/mol. The maximum atomic E-state index is 13.6. The van der Waals surface area contributed by atoms with Crippen molar-refractivity contribution in [3.63, 3.8) is 0 Å². The van der Waals surface area contributed by atoms with E-state index in [9.17, 15) is 18.8 Å². The van der Waals surface area contributed by atoms with Crippen LogP contribution in [-0.4, -0.2) is 30.1 Å². The van der Waals surface area contributed by atoms with E-state index in [4.69, 9.17) is 9.47 Å². The van der Waals surface area contributed by atoms with Gasteiger partial charge in [-0.1, -0.05) is 18.2 Å². The van der Waals surface area contributed by atoms with Gasteiger partial charge in [-0.3, -0.25) is 10.1 Å². The molecule has 0 aromatic heterocycles. The van der Waals surface area contributed by atoms with E-state index in [-0.39, 0.29) is 11.1 Å². The number of ketones is 1. The van der Waals surface area contributed by atoms with Gasteiger partial charge in [-0.2, -0.15) is 0 Å². The van der Waals surface area contributed by atoms with Crippen LogP contribution < -0.4 is 5.32 Å². The Morgan fingerprint density at radius 1 is 1.04 bits per heavy atom. The lowest BCUT2D eigenvalue weighted by Gasteiger charge is -2.19. The molecule has 0 saturated carbocycles. The molecular weight excluding hydrogens is 353 g/mol. The molecule has 2 aromatic rings. The molecule has 0 saturated heterocycles. The van der Waals surface area contributed by atoms with Crippen molar-refractivity contribution < 1.29 is 28.2 Å². The highest BCUT2D eigenvalue weighted by molar-refractivity contribution is 5.99. The summed E-state index contributed by atoms with van der Waals surface area (Å²) in [5.41, 5.74) is -0.345. The summed E-state index contributed by atoms with van der Waals surface area (Å²) in [6.07, 6.45) is -0.664. The first-order valence-corrected chi connectivity index (χ1v) is 8.20. The predicted octanol–water partition coefficient (Wildman–Crippen LogP) is 4.21. The minimum Gasteiger partial charge on any atom is -0.454 e. The lowest BCUT2D eigenvalue weighted by Crippen LogP contribution is -2.27. The van der Waals surface area contributed by atoms with Crippen LogP contribution in [0.5, 0.6) is 0 Å². The molecule has 0 aliphatic rings. The first-order chi connectivity index (χ1) is 12.7. The van der Waals surface area contributed by atoms with Crippen LogP contribution in [0.3, 0.4) is 0 Å². The van der Waals surface area contributed by atoms with Crippen LogP contribution in [0.15, 0.2) is 48.5 Å². The third-order valence-electron chi connectivity index (χ3n) is 3.25. The fraction of sp³-hybridized carbons (Fsp3) is 0.250. The molecular formula is C20H20FNO5. The van der Waals surface area contributed by atoms with Gasteiger partial charge in [0.05, 0.1) is 11.1 Å². The number of ether oxygens (including phenoxy) is 2. The standard InChI is InChI=1S/C20H20FNO5/c1-20(2,3)27-19(25)22-14-8-6-7-13(11-14)18(24)26-12-17(23)15-9-4-5-10-16(15)21/h4-11H,12H2,1-3H3,(H,22,25). The molecule has 0 heterocycles. The molecule has 0 spiro atoms. The molecule has 1 N–H and O–H groups in total. The van der Waals surface area contributed by atoms with Crippen molar-refractivity contribution in [2.24, 2.45) is 0 Å². The van der Waals surface area contributed by atoms with Gasteiger partial charge in [0, 0.05) is 5.69 Å². The Balaban J connectivity index is 1.98. The van der Waals surface area contributed by atoms with E-state index in [1.54, 1.807) is 32.9 Å². The first-order valence-electron chi connectivity index (χ1n) is 8.20. The van der Waals surface area contributed by atoms with Crippen molar-refractivity contribution in [1.82, 2.24) is 0 Å². The lowest BCUT2D eigenvalue weighted by atomic mass is 10.1. The van der Waals surface area contributed by atoms with E-state index in [1.165, 1.54) is 30.3 Å². The Bertz CT molecular complexity index is 857. The summed E-state index contributed by atoms with van der Waals surface area (Å²) in [6, 6.07) is 11.4. The molecule has 2 aromatic carbocycles. The number of carbonyl (C=O) groups excluding carboxylic acids is 3. The Morgan fingerprint density at radius 3 is 2.41 bits per heavy atom. The number of anilines is 1. The quantitative estimate of drug-likeness (QED) is 0.627. The minimum atomic E-state index is -0.771. The second-order valence-electron chi connectivity index (χ2n) is 6.69. The molecule has 0 atom stereocenters. The number of halogens is 1. The van der Waals surface area contributed by atoms with Gasteiger partial charge in [0.1, 0.15) is 11.4 Å². The van der Waals surface area contributed by atoms with E-state index >= 15 is 0 Å². The SMILES string of the molecule is CC(C)(C)OC(=O)Nc1cccc(C(=O)OCC(=O)c2ccccc2F)c1. The van der Waals surface area contributed by atoms with E-state index in [2.05, 4.69) is 5.32 Å². The van der Waals surface area contributed by atoms with E-state index < -0.39 is 35.9 Å². The molecule has 0 unspecified atom stereocenters. The van der Waals surface area contributed by atoms with Gasteiger partial charge >= 0.3 is 12.1 Å². The molecule has 0 aliphatic carbocycles.